The Morgan fingerprint density at radius 3 is 2.44 bits per heavy atom. The molecule has 15 heteroatoms. The average Bonchev–Trinajstić information content (AvgIpc) is 3.58. The molecule has 0 aliphatic carbocycles. The molecule has 0 fully saturated rings. The maximum Gasteiger partial charge on any atom is 0.437 e. The van der Waals surface area contributed by atoms with E-state index in [4.69, 9.17) is 9.47 Å². The minimum Gasteiger partial charge on any atom is -0.491 e. The van der Waals surface area contributed by atoms with Crippen LogP contribution < -0.4 is 10.4 Å². The zero-order valence-electron chi connectivity index (χ0n) is 26.8. The number of ketones is 1. The van der Waals surface area contributed by atoms with Gasteiger partial charge in [0.05, 0.1) is 30.2 Å². The first-order valence-corrected chi connectivity index (χ1v) is 14.9. The second-order valence-electron chi connectivity index (χ2n) is 12.4. The van der Waals surface area contributed by atoms with Crippen LogP contribution in [0.5, 0.6) is 5.75 Å². The van der Waals surface area contributed by atoms with Crippen LogP contribution in [0.3, 0.4) is 0 Å². The number of carbonyl (C=O) groups excluding carboxylic acids is 2. The molecule has 0 bridgehead atoms. The number of aromatic nitrogens is 4. The van der Waals surface area contributed by atoms with Gasteiger partial charge in [-0.1, -0.05) is 6.07 Å². The topological polar surface area (TPSA) is 130 Å². The summed E-state index contributed by atoms with van der Waals surface area (Å²) in [6, 6.07) is 6.49. The zero-order valence-corrected chi connectivity index (χ0v) is 26.8. The number of benzene rings is 2. The number of amides is 1. The third kappa shape index (κ3) is 7.19. The largest absolute Gasteiger partial charge is 0.491 e. The molecular weight excluding hydrogens is 638 g/mol. The number of imidazole rings is 1. The molecule has 5 rings (SSSR count). The average molecular weight is 672 g/mol. The predicted octanol–water partition coefficient (Wildman–Crippen LogP) is 5.88. The van der Waals surface area contributed by atoms with Crippen LogP contribution in [0.2, 0.25) is 0 Å². The van der Waals surface area contributed by atoms with Crippen molar-refractivity contribution in [2.24, 2.45) is 18.0 Å². The van der Waals surface area contributed by atoms with E-state index >= 15 is 0 Å². The highest BCUT2D eigenvalue weighted by Crippen LogP contribution is 2.44. The van der Waals surface area contributed by atoms with Gasteiger partial charge in [0.15, 0.2) is 11.5 Å². The normalized spacial score (nSPS) is 15.3. The van der Waals surface area contributed by atoms with E-state index in [1.807, 2.05) is 0 Å². The van der Waals surface area contributed by atoms with Gasteiger partial charge in [0.1, 0.15) is 17.2 Å². The molecule has 1 aliphatic rings. The van der Waals surface area contributed by atoms with Gasteiger partial charge in [0.25, 0.3) is 0 Å². The third-order valence-electron chi connectivity index (χ3n) is 7.58. The van der Waals surface area contributed by atoms with Crippen molar-refractivity contribution in [3.05, 3.63) is 88.3 Å². The number of carboxylic acids is 1. The summed E-state index contributed by atoms with van der Waals surface area (Å²) in [5, 5.41) is 13.1. The second kappa shape index (κ2) is 12.8. The SMILES string of the molecule is CCn1cc(-c2cc(Cn3ccn(C)c3=NC(=O)OC(C)(C)C)cc3c2OC[C@H](Cc2ccc(F)c(C(=O)O)c2)C3=O)c(C(F)(F)F)n1. The van der Waals surface area contributed by atoms with Gasteiger partial charge in [0, 0.05) is 43.3 Å². The number of halogens is 4. The summed E-state index contributed by atoms with van der Waals surface area (Å²) in [6.07, 6.45) is -1.18. The Morgan fingerprint density at radius 1 is 1.08 bits per heavy atom. The molecule has 1 N–H and O–H groups in total. The van der Waals surface area contributed by atoms with E-state index in [0.717, 1.165) is 16.8 Å². The lowest BCUT2D eigenvalue weighted by Crippen LogP contribution is -2.31. The van der Waals surface area contributed by atoms with E-state index in [1.54, 1.807) is 56.3 Å². The summed E-state index contributed by atoms with van der Waals surface area (Å²) < 4.78 is 72.4. The molecule has 1 atom stereocenters. The van der Waals surface area contributed by atoms with Crippen LogP contribution in [0.15, 0.2) is 53.9 Å². The summed E-state index contributed by atoms with van der Waals surface area (Å²) in [5.41, 5.74) is -1.83. The summed E-state index contributed by atoms with van der Waals surface area (Å²) in [5.74, 6) is -3.75. The van der Waals surface area contributed by atoms with E-state index in [-0.39, 0.29) is 54.2 Å². The fraction of sp³-hybridized carbons (Fsp3) is 0.364. The number of hydrogen-bond donors (Lipinski definition) is 1. The van der Waals surface area contributed by atoms with Gasteiger partial charge in [-0.25, -0.2) is 14.0 Å². The molecule has 0 unspecified atom stereocenters. The fourth-order valence-corrected chi connectivity index (χ4v) is 5.43. The van der Waals surface area contributed by atoms with Crippen LogP contribution in [0.25, 0.3) is 11.1 Å². The van der Waals surface area contributed by atoms with Crippen molar-refractivity contribution >= 4 is 17.8 Å². The number of rotatable bonds is 7. The molecule has 4 aromatic rings. The molecule has 0 saturated heterocycles. The molecule has 11 nitrogen and oxygen atoms in total. The highest BCUT2D eigenvalue weighted by atomic mass is 19.4. The Morgan fingerprint density at radius 2 is 1.79 bits per heavy atom. The van der Waals surface area contributed by atoms with E-state index < -0.39 is 52.6 Å². The van der Waals surface area contributed by atoms with E-state index in [2.05, 4.69) is 10.1 Å². The van der Waals surface area contributed by atoms with Gasteiger partial charge in [-0.15, -0.1) is 4.99 Å². The number of fused-ring (bicyclic) bond motifs is 1. The maximum absolute atomic E-state index is 14.2. The minimum atomic E-state index is -4.82. The fourth-order valence-electron chi connectivity index (χ4n) is 5.43. The summed E-state index contributed by atoms with van der Waals surface area (Å²) in [7, 11) is 1.65. The molecule has 0 spiro atoms. The Bertz CT molecular complexity index is 1980. The van der Waals surface area contributed by atoms with Gasteiger partial charge in [-0.2, -0.15) is 18.3 Å². The van der Waals surface area contributed by atoms with Crippen LogP contribution in [-0.4, -0.2) is 54.1 Å². The van der Waals surface area contributed by atoms with Crippen LogP contribution in [-0.2, 0) is 37.5 Å². The molecule has 48 heavy (non-hydrogen) atoms. The number of alkyl halides is 3. The van der Waals surface area contributed by atoms with Crippen molar-refractivity contribution in [2.75, 3.05) is 6.61 Å². The van der Waals surface area contributed by atoms with E-state index in [9.17, 15) is 37.1 Å². The Labute approximate surface area is 272 Å². The summed E-state index contributed by atoms with van der Waals surface area (Å²) in [6.45, 7) is 6.64. The zero-order chi connectivity index (χ0) is 35.1. The first-order chi connectivity index (χ1) is 22.4. The maximum atomic E-state index is 14.2. The van der Waals surface area contributed by atoms with Crippen molar-refractivity contribution < 1.29 is 46.5 Å². The molecular formula is C33H33F4N5O6. The first-order valence-electron chi connectivity index (χ1n) is 14.9. The Kier molecular flexibility index (Phi) is 9.08. The number of aryl methyl sites for hydroxylation is 2. The van der Waals surface area contributed by atoms with Crippen molar-refractivity contribution in [1.29, 1.82) is 0 Å². The molecule has 1 aliphatic heterocycles. The number of Topliss-reactive ketones (excluding diaryl/α,β-unsaturated/α-hetero) is 1. The number of carbonyl (C=O) groups is 3. The molecule has 0 radical (unpaired) electrons. The highest BCUT2D eigenvalue weighted by molar-refractivity contribution is 6.04. The Balaban J connectivity index is 1.62. The molecule has 3 heterocycles. The van der Waals surface area contributed by atoms with Crippen LogP contribution in [0.4, 0.5) is 22.4 Å². The van der Waals surface area contributed by atoms with Gasteiger partial charge in [-0.05, 0) is 69.5 Å². The summed E-state index contributed by atoms with van der Waals surface area (Å²) >= 11 is 0. The number of nitrogens with zero attached hydrogens (tertiary/aromatic N) is 5. The third-order valence-corrected chi connectivity index (χ3v) is 7.58. The smallest absolute Gasteiger partial charge is 0.437 e. The molecule has 2 aromatic carbocycles. The predicted molar refractivity (Wildman–Crippen MR) is 163 cm³/mol. The molecule has 1 amide bonds. The van der Waals surface area contributed by atoms with Crippen LogP contribution in [0, 0.1) is 11.7 Å². The van der Waals surface area contributed by atoms with Crippen molar-refractivity contribution in [3.63, 3.8) is 0 Å². The lowest BCUT2D eigenvalue weighted by Gasteiger charge is -2.27. The standard InChI is InChI=1S/C33H33F4N5O6/c1-6-42-16-24(28(39-42)33(35,36)37)21-13-19(15-41-10-9-40(5)30(41)38-31(46)48-32(2,3)4)14-23-26(43)20(17-47-27(21)23)11-18-7-8-25(34)22(12-18)29(44)45/h7-10,12-14,16,20H,6,11,15,17H2,1-5H3,(H,44,45)/t20-/m0/s1. The second-order valence-corrected chi connectivity index (χ2v) is 12.4. The number of aromatic carboxylic acids is 1. The van der Waals surface area contributed by atoms with E-state index in [1.165, 1.54) is 24.4 Å². The van der Waals surface area contributed by atoms with Crippen molar-refractivity contribution in [3.8, 4) is 16.9 Å². The van der Waals surface area contributed by atoms with Gasteiger partial charge >= 0.3 is 18.2 Å². The molecule has 254 valence electrons. The van der Waals surface area contributed by atoms with Gasteiger partial charge in [0.2, 0.25) is 5.62 Å². The monoisotopic (exact) mass is 671 g/mol. The highest BCUT2D eigenvalue weighted by Gasteiger charge is 2.40. The molecule has 0 saturated carbocycles. The quantitative estimate of drug-likeness (QED) is 0.243. The summed E-state index contributed by atoms with van der Waals surface area (Å²) in [4.78, 5) is 42.1. The lowest BCUT2D eigenvalue weighted by molar-refractivity contribution is -0.141. The van der Waals surface area contributed by atoms with Crippen molar-refractivity contribution in [1.82, 2.24) is 18.9 Å². The van der Waals surface area contributed by atoms with Crippen LogP contribution >= 0.6 is 0 Å². The van der Waals surface area contributed by atoms with Gasteiger partial charge < -0.3 is 23.7 Å². The number of carboxylic acid groups (broad SMARTS) is 1. The van der Waals surface area contributed by atoms with Gasteiger partial charge in [-0.3, -0.25) is 9.48 Å². The van der Waals surface area contributed by atoms with E-state index in [0.29, 0.717) is 11.1 Å². The number of ether oxygens (including phenoxy) is 2. The molecule has 2 aromatic heterocycles. The lowest BCUT2D eigenvalue weighted by atomic mass is 9.86. The number of hydrogen-bond acceptors (Lipinski definition) is 6. The Hall–Kier alpha value is -5.21. The van der Waals surface area contributed by atoms with Crippen LogP contribution in [0.1, 0.15) is 65.2 Å². The van der Waals surface area contributed by atoms with Crippen molar-refractivity contribution in [2.45, 2.75) is 59.0 Å². The first kappa shape index (κ1) is 34.1. The minimum absolute atomic E-state index is 0.00145.